The molecule has 164 valence electrons. The largest absolute Gasteiger partial charge is 0.342 e. The van der Waals surface area contributed by atoms with E-state index in [9.17, 15) is 9.59 Å². The van der Waals surface area contributed by atoms with E-state index in [1.165, 1.54) is 5.56 Å². The van der Waals surface area contributed by atoms with E-state index in [2.05, 4.69) is 47.2 Å². The van der Waals surface area contributed by atoms with Gasteiger partial charge in [-0.1, -0.05) is 30.3 Å². The molecule has 1 aromatic carbocycles. The Morgan fingerprint density at radius 2 is 1.70 bits per heavy atom. The van der Waals surface area contributed by atoms with Crippen LogP contribution in [0, 0.1) is 5.92 Å². The zero-order chi connectivity index (χ0) is 21.1. The van der Waals surface area contributed by atoms with Gasteiger partial charge in [0.2, 0.25) is 11.8 Å². The SMILES string of the molecule is CN1CCC(N(C)C(=O)[C@H]2CC(=O)N(C3CCN(Cc4ccccc4)CC3)C2)CC1. The lowest BCUT2D eigenvalue weighted by Gasteiger charge is -2.37. The molecule has 0 aliphatic carbocycles. The molecule has 0 spiro atoms. The number of hydrogen-bond donors (Lipinski definition) is 0. The number of likely N-dealkylation sites (tertiary alicyclic amines) is 3. The Morgan fingerprint density at radius 1 is 1.03 bits per heavy atom. The van der Waals surface area contributed by atoms with Crippen LogP contribution in [0.4, 0.5) is 0 Å². The van der Waals surface area contributed by atoms with Crippen molar-refractivity contribution in [1.82, 2.24) is 19.6 Å². The quantitative estimate of drug-likeness (QED) is 0.743. The maximum absolute atomic E-state index is 13.1. The highest BCUT2D eigenvalue weighted by Gasteiger charge is 2.40. The molecule has 3 fully saturated rings. The molecular formula is C24H36N4O2. The normalized spacial score (nSPS) is 25.1. The predicted molar refractivity (Wildman–Crippen MR) is 118 cm³/mol. The van der Waals surface area contributed by atoms with Crippen molar-refractivity contribution in [2.24, 2.45) is 5.92 Å². The summed E-state index contributed by atoms with van der Waals surface area (Å²) < 4.78 is 0. The Labute approximate surface area is 180 Å². The molecule has 6 heteroatoms. The Kier molecular flexibility index (Phi) is 6.74. The van der Waals surface area contributed by atoms with Crippen molar-refractivity contribution in [3.8, 4) is 0 Å². The lowest BCUT2D eigenvalue weighted by molar-refractivity contribution is -0.137. The van der Waals surface area contributed by atoms with Crippen molar-refractivity contribution in [2.75, 3.05) is 46.8 Å². The summed E-state index contributed by atoms with van der Waals surface area (Å²) in [5.74, 6) is 0.179. The first-order valence-electron chi connectivity index (χ1n) is 11.5. The third kappa shape index (κ3) is 4.86. The number of hydrogen-bond acceptors (Lipinski definition) is 4. The molecule has 3 aliphatic heterocycles. The number of amides is 2. The number of piperidine rings is 2. The van der Waals surface area contributed by atoms with Gasteiger partial charge in [-0.15, -0.1) is 0 Å². The van der Waals surface area contributed by atoms with Gasteiger partial charge in [-0.2, -0.15) is 0 Å². The smallest absolute Gasteiger partial charge is 0.227 e. The molecule has 6 nitrogen and oxygen atoms in total. The molecule has 30 heavy (non-hydrogen) atoms. The fourth-order valence-electron chi connectivity index (χ4n) is 5.33. The third-order valence-corrected chi connectivity index (χ3v) is 7.34. The molecule has 0 radical (unpaired) electrons. The van der Waals surface area contributed by atoms with E-state index >= 15 is 0 Å². The molecule has 3 heterocycles. The number of benzene rings is 1. The zero-order valence-electron chi connectivity index (χ0n) is 18.5. The van der Waals surface area contributed by atoms with Gasteiger partial charge in [0, 0.05) is 51.7 Å². The maximum atomic E-state index is 13.1. The Balaban J connectivity index is 1.27. The molecule has 0 bridgehead atoms. The van der Waals surface area contributed by atoms with Gasteiger partial charge in [-0.3, -0.25) is 14.5 Å². The van der Waals surface area contributed by atoms with Crippen molar-refractivity contribution < 1.29 is 9.59 Å². The summed E-state index contributed by atoms with van der Waals surface area (Å²) in [5.41, 5.74) is 1.34. The summed E-state index contributed by atoms with van der Waals surface area (Å²) in [5, 5.41) is 0. The number of carbonyl (C=O) groups is 2. The van der Waals surface area contributed by atoms with Crippen molar-refractivity contribution >= 4 is 11.8 Å². The fraction of sp³-hybridized carbons (Fsp3) is 0.667. The fourth-order valence-corrected chi connectivity index (χ4v) is 5.33. The average molecular weight is 413 g/mol. The Morgan fingerprint density at radius 3 is 2.37 bits per heavy atom. The molecule has 1 atom stereocenters. The summed E-state index contributed by atoms with van der Waals surface area (Å²) in [6.07, 6.45) is 4.46. The summed E-state index contributed by atoms with van der Waals surface area (Å²) in [7, 11) is 4.07. The summed E-state index contributed by atoms with van der Waals surface area (Å²) in [4.78, 5) is 34.6. The first-order valence-corrected chi connectivity index (χ1v) is 11.5. The highest BCUT2D eigenvalue weighted by atomic mass is 16.2. The maximum Gasteiger partial charge on any atom is 0.227 e. The van der Waals surface area contributed by atoms with Gasteiger partial charge in [0.15, 0.2) is 0 Å². The first kappa shape index (κ1) is 21.3. The Bertz CT molecular complexity index is 724. The van der Waals surface area contributed by atoms with Crippen LogP contribution in [0.5, 0.6) is 0 Å². The van der Waals surface area contributed by atoms with Crippen LogP contribution in [-0.4, -0.2) is 90.3 Å². The molecule has 4 rings (SSSR count). The van der Waals surface area contributed by atoms with E-state index in [1.807, 2.05) is 16.8 Å². The molecular weight excluding hydrogens is 376 g/mol. The van der Waals surface area contributed by atoms with Crippen LogP contribution < -0.4 is 0 Å². The van der Waals surface area contributed by atoms with Crippen LogP contribution in [0.1, 0.15) is 37.7 Å². The van der Waals surface area contributed by atoms with Crippen LogP contribution in [0.3, 0.4) is 0 Å². The second-order valence-corrected chi connectivity index (χ2v) is 9.42. The first-order chi connectivity index (χ1) is 14.5. The minimum absolute atomic E-state index is 0.162. The number of nitrogens with zero attached hydrogens (tertiary/aromatic N) is 4. The lowest BCUT2D eigenvalue weighted by Crippen LogP contribution is -2.48. The Hall–Kier alpha value is -1.92. The number of carbonyl (C=O) groups excluding carboxylic acids is 2. The third-order valence-electron chi connectivity index (χ3n) is 7.34. The molecule has 0 unspecified atom stereocenters. The molecule has 1 aromatic rings. The summed E-state index contributed by atoms with van der Waals surface area (Å²) in [6.45, 7) is 5.69. The van der Waals surface area contributed by atoms with Gasteiger partial charge >= 0.3 is 0 Å². The van der Waals surface area contributed by atoms with E-state index in [4.69, 9.17) is 0 Å². The topological polar surface area (TPSA) is 47.1 Å². The number of rotatable bonds is 5. The van der Waals surface area contributed by atoms with Gasteiger partial charge in [0.1, 0.15) is 0 Å². The van der Waals surface area contributed by atoms with E-state index in [1.54, 1.807) is 0 Å². The van der Waals surface area contributed by atoms with E-state index < -0.39 is 0 Å². The highest BCUT2D eigenvalue weighted by molar-refractivity contribution is 5.89. The van der Waals surface area contributed by atoms with Gasteiger partial charge in [0.25, 0.3) is 0 Å². The molecule has 2 amide bonds. The van der Waals surface area contributed by atoms with Crippen molar-refractivity contribution in [1.29, 1.82) is 0 Å². The van der Waals surface area contributed by atoms with Gasteiger partial charge in [0.05, 0.1) is 5.92 Å². The minimum atomic E-state index is -0.162. The summed E-state index contributed by atoms with van der Waals surface area (Å²) >= 11 is 0. The van der Waals surface area contributed by atoms with Crippen LogP contribution in [0.25, 0.3) is 0 Å². The predicted octanol–water partition coefficient (Wildman–Crippen LogP) is 2.05. The molecule has 0 N–H and O–H groups in total. The molecule has 3 aliphatic rings. The molecule has 0 aromatic heterocycles. The van der Waals surface area contributed by atoms with Gasteiger partial charge < -0.3 is 14.7 Å². The minimum Gasteiger partial charge on any atom is -0.342 e. The lowest BCUT2D eigenvalue weighted by atomic mass is 10.0. The van der Waals surface area contributed by atoms with Crippen molar-refractivity contribution in [3.05, 3.63) is 35.9 Å². The highest BCUT2D eigenvalue weighted by Crippen LogP contribution is 2.28. The second kappa shape index (κ2) is 9.48. The van der Waals surface area contributed by atoms with Crippen molar-refractivity contribution in [3.63, 3.8) is 0 Å². The van der Waals surface area contributed by atoms with Crippen LogP contribution in [0.15, 0.2) is 30.3 Å². The monoisotopic (exact) mass is 412 g/mol. The van der Waals surface area contributed by atoms with Crippen LogP contribution in [-0.2, 0) is 16.1 Å². The second-order valence-electron chi connectivity index (χ2n) is 9.42. The standard InChI is InChI=1S/C24H36N4O2/c1-25-12-8-21(9-13-25)26(2)24(30)20-16-23(29)28(18-20)22-10-14-27(15-11-22)17-19-6-4-3-5-7-19/h3-7,20-22H,8-18H2,1-2H3/t20-/m0/s1. The van der Waals surface area contributed by atoms with Gasteiger partial charge in [-0.05, 0) is 51.4 Å². The zero-order valence-corrected chi connectivity index (χ0v) is 18.5. The molecule has 3 saturated heterocycles. The van der Waals surface area contributed by atoms with Crippen molar-refractivity contribution in [2.45, 2.75) is 50.7 Å². The van der Waals surface area contributed by atoms with Crippen LogP contribution in [0.2, 0.25) is 0 Å². The van der Waals surface area contributed by atoms with Crippen LogP contribution >= 0.6 is 0 Å². The average Bonchev–Trinajstić information content (AvgIpc) is 3.16. The van der Waals surface area contributed by atoms with Gasteiger partial charge in [-0.25, -0.2) is 0 Å². The van der Waals surface area contributed by atoms with E-state index in [-0.39, 0.29) is 23.8 Å². The summed E-state index contributed by atoms with van der Waals surface area (Å²) in [6, 6.07) is 11.2. The van der Waals surface area contributed by atoms with E-state index in [0.717, 1.165) is 58.4 Å². The van der Waals surface area contributed by atoms with E-state index in [0.29, 0.717) is 19.0 Å². The molecule has 0 saturated carbocycles.